The monoisotopic (exact) mass is 342 g/mol. The molecule has 1 aromatic heterocycles. The Morgan fingerprint density at radius 2 is 1.78 bits per heavy atom. The number of benzene rings is 2. The number of unbranched alkanes of at least 4 members (excludes halogenated alkanes) is 1. The molecule has 3 rings (SSSR count). The molecule has 0 atom stereocenters. The van der Waals surface area contributed by atoms with Crippen LogP contribution in [0.4, 0.5) is 5.69 Å². The smallest absolute Gasteiger partial charge is 0.190 e. The highest BCUT2D eigenvalue weighted by Crippen LogP contribution is 2.23. The summed E-state index contributed by atoms with van der Waals surface area (Å²) < 4.78 is 2.31. The molecule has 0 aliphatic carbocycles. The first-order chi connectivity index (χ1) is 11.3. The van der Waals surface area contributed by atoms with E-state index in [1.54, 1.807) is 11.3 Å². The summed E-state index contributed by atoms with van der Waals surface area (Å²) in [6.45, 7) is 3.19. The van der Waals surface area contributed by atoms with Crippen molar-refractivity contribution in [2.75, 3.05) is 0 Å². The Kier molecular flexibility index (Phi) is 5.31. The number of hydrogen-bond donors (Lipinski definition) is 0. The van der Waals surface area contributed by atoms with Crippen molar-refractivity contribution in [2.45, 2.75) is 26.3 Å². The highest BCUT2D eigenvalue weighted by atomic mass is 35.5. The lowest BCUT2D eigenvalue weighted by Gasteiger charge is -2.08. The van der Waals surface area contributed by atoms with E-state index in [0.29, 0.717) is 0 Å². The molecule has 0 saturated heterocycles. The first-order valence-corrected chi connectivity index (χ1v) is 9.07. The molecule has 0 spiro atoms. The molecule has 0 aliphatic rings. The Labute approximate surface area is 145 Å². The van der Waals surface area contributed by atoms with E-state index >= 15 is 0 Å². The SMILES string of the molecule is CCCCn1c(-c2ccc(Cl)cc2)csc1=Nc1ccccc1. The average molecular weight is 343 g/mol. The molecule has 23 heavy (non-hydrogen) atoms. The fourth-order valence-corrected chi connectivity index (χ4v) is 3.50. The van der Waals surface area contributed by atoms with Crippen molar-refractivity contribution in [3.8, 4) is 11.3 Å². The first kappa shape index (κ1) is 16.0. The second-order valence-corrected chi connectivity index (χ2v) is 6.64. The summed E-state index contributed by atoms with van der Waals surface area (Å²) in [5.41, 5.74) is 3.37. The van der Waals surface area contributed by atoms with Crippen LogP contribution in [0.3, 0.4) is 0 Å². The van der Waals surface area contributed by atoms with Crippen molar-refractivity contribution in [1.82, 2.24) is 4.57 Å². The van der Waals surface area contributed by atoms with Gasteiger partial charge < -0.3 is 4.57 Å². The molecule has 0 N–H and O–H groups in total. The van der Waals surface area contributed by atoms with Crippen molar-refractivity contribution in [3.05, 3.63) is 69.8 Å². The number of halogens is 1. The largest absolute Gasteiger partial charge is 0.316 e. The summed E-state index contributed by atoms with van der Waals surface area (Å²) in [5.74, 6) is 0. The second kappa shape index (κ2) is 7.62. The average Bonchev–Trinajstić information content (AvgIpc) is 2.97. The Morgan fingerprint density at radius 3 is 2.48 bits per heavy atom. The van der Waals surface area contributed by atoms with Crippen molar-refractivity contribution < 1.29 is 0 Å². The van der Waals surface area contributed by atoms with Crippen LogP contribution in [0, 0.1) is 0 Å². The highest BCUT2D eigenvalue weighted by molar-refractivity contribution is 7.07. The molecule has 4 heteroatoms. The highest BCUT2D eigenvalue weighted by Gasteiger charge is 2.08. The maximum absolute atomic E-state index is 6.01. The Morgan fingerprint density at radius 1 is 1.04 bits per heavy atom. The van der Waals surface area contributed by atoms with E-state index < -0.39 is 0 Å². The maximum atomic E-state index is 6.01. The minimum atomic E-state index is 0.762. The molecule has 118 valence electrons. The van der Waals surface area contributed by atoms with E-state index in [1.165, 1.54) is 11.3 Å². The molecule has 0 aliphatic heterocycles. The molecule has 0 bridgehead atoms. The molecule has 0 unspecified atom stereocenters. The first-order valence-electron chi connectivity index (χ1n) is 7.82. The molecular weight excluding hydrogens is 324 g/mol. The molecular formula is C19H19ClN2S. The third-order valence-electron chi connectivity index (χ3n) is 3.65. The summed E-state index contributed by atoms with van der Waals surface area (Å²) in [7, 11) is 0. The number of para-hydroxylation sites is 1. The van der Waals surface area contributed by atoms with E-state index in [9.17, 15) is 0 Å². The van der Waals surface area contributed by atoms with Gasteiger partial charge in [0.05, 0.1) is 11.4 Å². The lowest BCUT2D eigenvalue weighted by atomic mass is 10.1. The summed E-state index contributed by atoms with van der Waals surface area (Å²) in [4.78, 5) is 5.85. The number of hydrogen-bond acceptors (Lipinski definition) is 2. The van der Waals surface area contributed by atoms with Crippen LogP contribution in [0.5, 0.6) is 0 Å². The van der Waals surface area contributed by atoms with E-state index in [2.05, 4.69) is 29.0 Å². The summed E-state index contributed by atoms with van der Waals surface area (Å²) in [5, 5.41) is 2.94. The van der Waals surface area contributed by atoms with Gasteiger partial charge >= 0.3 is 0 Å². The van der Waals surface area contributed by atoms with Crippen molar-refractivity contribution in [1.29, 1.82) is 0 Å². The summed E-state index contributed by atoms with van der Waals surface area (Å²) in [6.07, 6.45) is 2.30. The van der Waals surface area contributed by atoms with Crippen LogP contribution in [-0.4, -0.2) is 4.57 Å². The van der Waals surface area contributed by atoms with Gasteiger partial charge in [0.2, 0.25) is 0 Å². The predicted molar refractivity (Wildman–Crippen MR) is 99.3 cm³/mol. The lowest BCUT2D eigenvalue weighted by molar-refractivity contribution is 0.624. The zero-order valence-corrected chi connectivity index (χ0v) is 14.6. The van der Waals surface area contributed by atoms with Crippen LogP contribution in [0.25, 0.3) is 11.3 Å². The topological polar surface area (TPSA) is 17.3 Å². The third-order valence-corrected chi connectivity index (χ3v) is 4.77. The van der Waals surface area contributed by atoms with Crippen LogP contribution in [0.15, 0.2) is 65.0 Å². The van der Waals surface area contributed by atoms with Crippen LogP contribution >= 0.6 is 22.9 Å². The van der Waals surface area contributed by atoms with Gasteiger partial charge in [-0.3, -0.25) is 0 Å². The van der Waals surface area contributed by atoms with E-state index in [-0.39, 0.29) is 0 Å². The zero-order chi connectivity index (χ0) is 16.1. The maximum Gasteiger partial charge on any atom is 0.190 e. The molecule has 2 nitrogen and oxygen atoms in total. The van der Waals surface area contributed by atoms with Gasteiger partial charge in [0.15, 0.2) is 4.80 Å². The summed E-state index contributed by atoms with van der Waals surface area (Å²) >= 11 is 7.70. The van der Waals surface area contributed by atoms with Gasteiger partial charge in [-0.15, -0.1) is 11.3 Å². The lowest BCUT2D eigenvalue weighted by Crippen LogP contribution is -2.15. The standard InChI is InChI=1S/C19H19ClN2S/c1-2-3-13-22-18(15-9-11-16(20)12-10-15)14-23-19(22)21-17-7-5-4-6-8-17/h4-12,14H,2-3,13H2,1H3. The van der Waals surface area contributed by atoms with E-state index in [0.717, 1.165) is 34.9 Å². The second-order valence-electron chi connectivity index (χ2n) is 5.36. The Hall–Kier alpha value is -1.84. The van der Waals surface area contributed by atoms with Gasteiger partial charge in [0.25, 0.3) is 0 Å². The van der Waals surface area contributed by atoms with Crippen LogP contribution in [0.2, 0.25) is 5.02 Å². The normalized spacial score (nSPS) is 11.8. The fourth-order valence-electron chi connectivity index (χ4n) is 2.42. The van der Waals surface area contributed by atoms with Gasteiger partial charge in [0.1, 0.15) is 0 Å². The van der Waals surface area contributed by atoms with Gasteiger partial charge in [-0.25, -0.2) is 4.99 Å². The third kappa shape index (κ3) is 3.92. The van der Waals surface area contributed by atoms with E-state index in [1.807, 2.05) is 42.5 Å². The van der Waals surface area contributed by atoms with Gasteiger partial charge in [-0.1, -0.05) is 55.3 Å². The minimum Gasteiger partial charge on any atom is -0.316 e. The molecule has 0 fully saturated rings. The van der Waals surface area contributed by atoms with Crippen LogP contribution < -0.4 is 4.80 Å². The molecule has 1 heterocycles. The molecule has 0 amide bonds. The van der Waals surface area contributed by atoms with Crippen molar-refractivity contribution in [3.63, 3.8) is 0 Å². The zero-order valence-electron chi connectivity index (χ0n) is 13.1. The number of thiazole rings is 1. The minimum absolute atomic E-state index is 0.762. The van der Waals surface area contributed by atoms with E-state index in [4.69, 9.17) is 16.6 Å². The number of nitrogens with zero attached hydrogens (tertiary/aromatic N) is 2. The van der Waals surface area contributed by atoms with Crippen molar-refractivity contribution in [2.24, 2.45) is 4.99 Å². The number of aromatic nitrogens is 1. The molecule has 0 radical (unpaired) electrons. The Balaban J connectivity index is 2.07. The molecule has 0 saturated carbocycles. The molecule has 3 aromatic rings. The van der Waals surface area contributed by atoms with Gasteiger partial charge in [-0.2, -0.15) is 0 Å². The van der Waals surface area contributed by atoms with Crippen LogP contribution in [0.1, 0.15) is 19.8 Å². The number of rotatable bonds is 5. The summed E-state index contributed by atoms with van der Waals surface area (Å²) in [6, 6.07) is 18.1. The van der Waals surface area contributed by atoms with Crippen LogP contribution in [-0.2, 0) is 6.54 Å². The predicted octanol–water partition coefficient (Wildman–Crippen LogP) is 5.90. The quantitative estimate of drug-likeness (QED) is 0.549. The molecule has 2 aromatic carbocycles. The Bertz CT molecular complexity index is 817. The fraction of sp³-hybridized carbons (Fsp3) is 0.211. The van der Waals surface area contributed by atoms with Crippen molar-refractivity contribution >= 4 is 28.6 Å². The van der Waals surface area contributed by atoms with Gasteiger partial charge in [0, 0.05) is 16.9 Å². The van der Waals surface area contributed by atoms with Gasteiger partial charge in [-0.05, 0) is 36.2 Å².